The van der Waals surface area contributed by atoms with Crippen molar-refractivity contribution in [3.63, 3.8) is 0 Å². The molecule has 43 heavy (non-hydrogen) atoms. The van der Waals surface area contributed by atoms with E-state index >= 15 is 0 Å². The smallest absolute Gasteiger partial charge is 0.338 e. The fourth-order valence-corrected chi connectivity index (χ4v) is 6.14. The van der Waals surface area contributed by atoms with Crippen LogP contribution in [0.15, 0.2) is 76.6 Å². The number of benzene rings is 2. The van der Waals surface area contributed by atoms with E-state index in [0.29, 0.717) is 26.5 Å². The Bertz CT molecular complexity index is 1900. The minimum absolute atomic E-state index is 0.00841. The van der Waals surface area contributed by atoms with Crippen LogP contribution in [0.1, 0.15) is 47.8 Å². The minimum Gasteiger partial charge on any atom is -0.462 e. The molecule has 11 nitrogen and oxygen atoms in total. The third-order valence-electron chi connectivity index (χ3n) is 7.18. The number of thiophene rings is 1. The third-order valence-corrected chi connectivity index (χ3v) is 8.46. The SMILES string of the molecule is CCOC(=O)c1ccccc1CCn1c(=O)n(C(C)(C)C(=O)OCc2ccccc2)c(=O)c2c(C)c(-n3nccn3)sc21. The average molecular weight is 602 g/mol. The summed E-state index contributed by atoms with van der Waals surface area (Å²) in [7, 11) is 0. The largest absolute Gasteiger partial charge is 0.462 e. The molecule has 0 saturated heterocycles. The molecule has 0 aliphatic carbocycles. The minimum atomic E-state index is -1.64. The molecule has 0 spiro atoms. The molecule has 0 aliphatic heterocycles. The van der Waals surface area contributed by atoms with Gasteiger partial charge in [-0.3, -0.25) is 9.36 Å². The Hall–Kier alpha value is -4.84. The molecule has 5 aromatic rings. The van der Waals surface area contributed by atoms with Crippen LogP contribution < -0.4 is 11.2 Å². The van der Waals surface area contributed by atoms with E-state index in [1.54, 1.807) is 38.1 Å². The van der Waals surface area contributed by atoms with Gasteiger partial charge in [-0.2, -0.15) is 10.2 Å². The van der Waals surface area contributed by atoms with Crippen LogP contribution in [0.4, 0.5) is 0 Å². The molecule has 0 bridgehead atoms. The maximum absolute atomic E-state index is 14.2. The molecule has 0 aliphatic rings. The van der Waals surface area contributed by atoms with E-state index in [1.807, 2.05) is 30.3 Å². The summed E-state index contributed by atoms with van der Waals surface area (Å²) in [6.07, 6.45) is 3.33. The predicted molar refractivity (Wildman–Crippen MR) is 162 cm³/mol. The molecule has 0 N–H and O–H groups in total. The molecule has 3 aromatic heterocycles. The number of fused-ring (bicyclic) bond motifs is 1. The fraction of sp³-hybridized carbons (Fsp3) is 0.290. The van der Waals surface area contributed by atoms with Crippen LogP contribution in [-0.2, 0) is 39.4 Å². The zero-order valence-corrected chi connectivity index (χ0v) is 25.1. The van der Waals surface area contributed by atoms with E-state index < -0.39 is 28.7 Å². The summed E-state index contributed by atoms with van der Waals surface area (Å²) in [5, 5.41) is 9.27. The lowest BCUT2D eigenvalue weighted by molar-refractivity contribution is -0.154. The van der Waals surface area contributed by atoms with Gasteiger partial charge in [0, 0.05) is 12.1 Å². The van der Waals surface area contributed by atoms with Gasteiger partial charge < -0.3 is 9.47 Å². The molecular weight excluding hydrogens is 570 g/mol. The number of carbonyl (C=O) groups excluding carboxylic acids is 2. The Balaban J connectivity index is 1.62. The number of rotatable bonds is 10. The van der Waals surface area contributed by atoms with E-state index in [0.717, 1.165) is 10.1 Å². The highest BCUT2D eigenvalue weighted by atomic mass is 32.1. The van der Waals surface area contributed by atoms with Crippen molar-refractivity contribution in [3.8, 4) is 5.00 Å². The molecule has 0 fully saturated rings. The Morgan fingerprint density at radius 3 is 2.33 bits per heavy atom. The molecule has 0 radical (unpaired) electrons. The summed E-state index contributed by atoms with van der Waals surface area (Å²) in [5.74, 6) is -1.18. The first-order valence-corrected chi connectivity index (χ1v) is 14.6. The molecule has 12 heteroatoms. The van der Waals surface area contributed by atoms with E-state index in [9.17, 15) is 19.2 Å². The van der Waals surface area contributed by atoms with Gasteiger partial charge in [0.25, 0.3) is 5.56 Å². The summed E-state index contributed by atoms with van der Waals surface area (Å²) in [4.78, 5) is 56.1. The second-order valence-corrected chi connectivity index (χ2v) is 11.3. The number of hydrogen-bond acceptors (Lipinski definition) is 9. The zero-order chi connectivity index (χ0) is 30.7. The quantitative estimate of drug-likeness (QED) is 0.220. The first-order chi connectivity index (χ1) is 20.6. The van der Waals surface area contributed by atoms with Gasteiger partial charge in [-0.15, -0.1) is 4.80 Å². The van der Waals surface area contributed by atoms with Crippen molar-refractivity contribution in [1.29, 1.82) is 0 Å². The van der Waals surface area contributed by atoms with Crippen LogP contribution in [0, 0.1) is 6.92 Å². The van der Waals surface area contributed by atoms with Crippen LogP contribution in [-0.4, -0.2) is 42.7 Å². The first kappa shape index (κ1) is 29.6. The number of carbonyl (C=O) groups is 2. The summed E-state index contributed by atoms with van der Waals surface area (Å²) >= 11 is 1.21. The van der Waals surface area contributed by atoms with Gasteiger partial charge in [0.1, 0.15) is 22.0 Å². The highest BCUT2D eigenvalue weighted by molar-refractivity contribution is 7.21. The summed E-state index contributed by atoms with van der Waals surface area (Å²) in [6, 6.07) is 16.2. The number of aromatic nitrogens is 5. The molecule has 0 unspecified atom stereocenters. The molecule has 0 atom stereocenters. The Morgan fingerprint density at radius 1 is 0.953 bits per heavy atom. The Labute approximate surface area is 250 Å². The predicted octanol–water partition coefficient (Wildman–Crippen LogP) is 4.01. The molecule has 0 saturated carbocycles. The maximum atomic E-state index is 14.2. The van der Waals surface area contributed by atoms with E-state index in [1.165, 1.54) is 46.9 Å². The first-order valence-electron chi connectivity index (χ1n) is 13.8. The second-order valence-electron chi connectivity index (χ2n) is 10.4. The summed E-state index contributed by atoms with van der Waals surface area (Å²) in [6.45, 7) is 6.82. The van der Waals surface area contributed by atoms with Crippen LogP contribution >= 0.6 is 11.3 Å². The van der Waals surface area contributed by atoms with Crippen molar-refractivity contribution in [3.05, 3.63) is 110 Å². The zero-order valence-electron chi connectivity index (χ0n) is 24.3. The highest BCUT2D eigenvalue weighted by Crippen LogP contribution is 2.31. The van der Waals surface area contributed by atoms with Crippen molar-refractivity contribution in [2.24, 2.45) is 0 Å². The Kier molecular flexibility index (Phi) is 8.40. The van der Waals surface area contributed by atoms with Crippen LogP contribution in [0.5, 0.6) is 0 Å². The van der Waals surface area contributed by atoms with Gasteiger partial charge in [-0.05, 0) is 51.3 Å². The van der Waals surface area contributed by atoms with Gasteiger partial charge in [0.05, 0.1) is 30.0 Å². The maximum Gasteiger partial charge on any atom is 0.338 e. The van der Waals surface area contributed by atoms with Gasteiger partial charge >= 0.3 is 17.6 Å². The van der Waals surface area contributed by atoms with Crippen molar-refractivity contribution in [2.45, 2.75) is 52.8 Å². The van der Waals surface area contributed by atoms with Gasteiger partial charge in [-0.1, -0.05) is 59.9 Å². The normalized spacial score (nSPS) is 11.5. The number of hydrogen-bond donors (Lipinski definition) is 0. The highest BCUT2D eigenvalue weighted by Gasteiger charge is 2.37. The standard InChI is InChI=1S/C31H31N5O6S/c1-5-41-28(38)23-14-10-9-13-22(23)15-18-34-27-24(20(2)26(43-27)36-32-16-17-33-36)25(37)35(30(34)40)31(3,4)29(39)42-19-21-11-7-6-8-12-21/h6-14,16-17H,5,15,18-19H2,1-4H3. The molecular formula is C31H31N5O6S. The molecule has 0 amide bonds. The lowest BCUT2D eigenvalue weighted by Gasteiger charge is -2.26. The monoisotopic (exact) mass is 601 g/mol. The van der Waals surface area contributed by atoms with E-state index in [-0.39, 0.29) is 31.6 Å². The van der Waals surface area contributed by atoms with Gasteiger partial charge in [-0.25, -0.2) is 19.0 Å². The molecule has 2 aromatic carbocycles. The molecule has 222 valence electrons. The third kappa shape index (κ3) is 5.65. The van der Waals surface area contributed by atoms with Crippen LogP contribution in [0.2, 0.25) is 0 Å². The number of ether oxygens (including phenoxy) is 2. The van der Waals surface area contributed by atoms with Crippen LogP contribution in [0.3, 0.4) is 0 Å². The molecule has 5 rings (SSSR count). The second kappa shape index (κ2) is 12.2. The van der Waals surface area contributed by atoms with Crippen molar-refractivity contribution < 1.29 is 19.1 Å². The van der Waals surface area contributed by atoms with Crippen molar-refractivity contribution >= 4 is 33.5 Å². The Morgan fingerprint density at radius 2 is 1.63 bits per heavy atom. The molecule has 3 heterocycles. The summed E-state index contributed by atoms with van der Waals surface area (Å²) < 4.78 is 13.2. The number of aryl methyl sites for hydroxylation is 3. The lowest BCUT2D eigenvalue weighted by atomic mass is 10.0. The number of nitrogens with zero attached hydrogens (tertiary/aromatic N) is 5. The van der Waals surface area contributed by atoms with Gasteiger partial charge in [0.15, 0.2) is 0 Å². The average Bonchev–Trinajstić information content (AvgIpc) is 3.65. The van der Waals surface area contributed by atoms with E-state index in [2.05, 4.69) is 10.2 Å². The van der Waals surface area contributed by atoms with Gasteiger partial charge in [0.2, 0.25) is 0 Å². The topological polar surface area (TPSA) is 127 Å². The lowest BCUT2D eigenvalue weighted by Crippen LogP contribution is -2.53. The van der Waals surface area contributed by atoms with Crippen molar-refractivity contribution in [2.75, 3.05) is 6.61 Å². The van der Waals surface area contributed by atoms with Crippen LogP contribution in [0.25, 0.3) is 15.2 Å². The van der Waals surface area contributed by atoms with Crippen molar-refractivity contribution in [1.82, 2.24) is 24.1 Å². The number of esters is 2. The van der Waals surface area contributed by atoms with E-state index in [4.69, 9.17) is 9.47 Å². The summed E-state index contributed by atoms with van der Waals surface area (Å²) in [5.41, 5.74) is -0.495. The fourth-order valence-electron chi connectivity index (χ4n) is 4.91.